The molecular formula is C12H27N. The van der Waals surface area contributed by atoms with Gasteiger partial charge in [0.1, 0.15) is 0 Å². The first-order valence-corrected chi connectivity index (χ1v) is 5.81. The Morgan fingerprint density at radius 3 is 2.15 bits per heavy atom. The van der Waals surface area contributed by atoms with Gasteiger partial charge in [0.25, 0.3) is 0 Å². The van der Waals surface area contributed by atoms with Crippen LogP contribution in [0.1, 0.15) is 53.4 Å². The molecule has 0 aliphatic rings. The van der Waals surface area contributed by atoms with Gasteiger partial charge in [-0.2, -0.15) is 0 Å². The van der Waals surface area contributed by atoms with E-state index in [1.54, 1.807) is 0 Å². The second-order valence-electron chi connectivity index (χ2n) is 4.74. The number of hydrogen-bond acceptors (Lipinski definition) is 1. The second-order valence-corrected chi connectivity index (χ2v) is 4.74. The molecule has 0 aromatic rings. The van der Waals surface area contributed by atoms with Crippen LogP contribution in [-0.2, 0) is 0 Å². The maximum atomic E-state index is 5.79. The third-order valence-corrected chi connectivity index (χ3v) is 2.88. The molecule has 13 heavy (non-hydrogen) atoms. The maximum absolute atomic E-state index is 5.79. The van der Waals surface area contributed by atoms with Crippen LogP contribution >= 0.6 is 0 Å². The Hall–Kier alpha value is -0.0400. The molecule has 0 aromatic heterocycles. The summed E-state index contributed by atoms with van der Waals surface area (Å²) in [5.41, 5.74) is 5.79. The minimum atomic E-state index is 0.752. The van der Waals surface area contributed by atoms with Crippen LogP contribution in [0.25, 0.3) is 0 Å². The van der Waals surface area contributed by atoms with Crippen LogP contribution in [0, 0.1) is 17.8 Å². The summed E-state index contributed by atoms with van der Waals surface area (Å²) in [5, 5.41) is 0. The first-order valence-electron chi connectivity index (χ1n) is 5.81. The lowest BCUT2D eigenvalue weighted by Crippen LogP contribution is -2.22. The van der Waals surface area contributed by atoms with Crippen LogP contribution in [-0.4, -0.2) is 6.54 Å². The molecule has 0 aliphatic carbocycles. The fraction of sp³-hybridized carbons (Fsp3) is 1.00. The van der Waals surface area contributed by atoms with Crippen molar-refractivity contribution in [3.05, 3.63) is 0 Å². The zero-order chi connectivity index (χ0) is 10.3. The zero-order valence-electron chi connectivity index (χ0n) is 9.84. The van der Waals surface area contributed by atoms with E-state index in [0.717, 1.165) is 24.3 Å². The number of hydrogen-bond donors (Lipinski definition) is 1. The van der Waals surface area contributed by atoms with Gasteiger partial charge >= 0.3 is 0 Å². The highest BCUT2D eigenvalue weighted by atomic mass is 14.6. The second kappa shape index (κ2) is 7.37. The molecule has 80 valence electrons. The highest BCUT2D eigenvalue weighted by Crippen LogP contribution is 2.23. The van der Waals surface area contributed by atoms with E-state index in [1.165, 1.54) is 25.7 Å². The van der Waals surface area contributed by atoms with Gasteiger partial charge in [0.2, 0.25) is 0 Å². The van der Waals surface area contributed by atoms with E-state index >= 15 is 0 Å². The van der Waals surface area contributed by atoms with Gasteiger partial charge in [0, 0.05) is 0 Å². The third kappa shape index (κ3) is 6.09. The summed E-state index contributed by atoms with van der Waals surface area (Å²) < 4.78 is 0. The molecule has 2 unspecified atom stereocenters. The predicted molar refractivity (Wildman–Crippen MR) is 60.7 cm³/mol. The van der Waals surface area contributed by atoms with Crippen molar-refractivity contribution in [3.8, 4) is 0 Å². The van der Waals surface area contributed by atoms with E-state index in [-0.39, 0.29) is 0 Å². The Morgan fingerprint density at radius 1 is 1.15 bits per heavy atom. The van der Waals surface area contributed by atoms with E-state index in [1.807, 2.05) is 0 Å². The molecule has 0 heterocycles. The molecule has 2 atom stereocenters. The van der Waals surface area contributed by atoms with Gasteiger partial charge in [-0.05, 0) is 37.1 Å². The lowest BCUT2D eigenvalue weighted by atomic mass is 9.84. The van der Waals surface area contributed by atoms with Gasteiger partial charge in [-0.25, -0.2) is 0 Å². The van der Waals surface area contributed by atoms with Gasteiger partial charge in [-0.1, -0.05) is 40.5 Å². The van der Waals surface area contributed by atoms with Gasteiger partial charge < -0.3 is 5.73 Å². The monoisotopic (exact) mass is 185 g/mol. The normalized spacial score (nSPS) is 16.2. The van der Waals surface area contributed by atoms with Crippen molar-refractivity contribution in [2.24, 2.45) is 23.5 Å². The minimum absolute atomic E-state index is 0.752. The lowest BCUT2D eigenvalue weighted by Gasteiger charge is -2.23. The fourth-order valence-corrected chi connectivity index (χ4v) is 2.04. The highest BCUT2D eigenvalue weighted by Gasteiger charge is 2.15. The van der Waals surface area contributed by atoms with Crippen molar-refractivity contribution in [2.75, 3.05) is 6.54 Å². The molecule has 0 rings (SSSR count). The number of rotatable bonds is 7. The highest BCUT2D eigenvalue weighted by molar-refractivity contribution is 4.68. The summed E-state index contributed by atoms with van der Waals surface area (Å²) in [6.07, 6.45) is 5.28. The molecule has 0 bridgehead atoms. The average molecular weight is 185 g/mol. The zero-order valence-corrected chi connectivity index (χ0v) is 9.84. The van der Waals surface area contributed by atoms with Gasteiger partial charge in [0.05, 0.1) is 0 Å². The van der Waals surface area contributed by atoms with Crippen LogP contribution < -0.4 is 5.73 Å². The van der Waals surface area contributed by atoms with Crippen molar-refractivity contribution in [2.45, 2.75) is 53.4 Å². The van der Waals surface area contributed by atoms with Crippen LogP contribution in [0.2, 0.25) is 0 Å². The molecule has 0 saturated heterocycles. The molecule has 1 heteroatoms. The van der Waals surface area contributed by atoms with E-state index in [2.05, 4.69) is 27.7 Å². The fourth-order valence-electron chi connectivity index (χ4n) is 2.04. The van der Waals surface area contributed by atoms with E-state index < -0.39 is 0 Å². The molecule has 0 aliphatic heterocycles. The van der Waals surface area contributed by atoms with E-state index in [0.29, 0.717) is 0 Å². The van der Waals surface area contributed by atoms with Crippen LogP contribution in [0.5, 0.6) is 0 Å². The van der Waals surface area contributed by atoms with E-state index in [9.17, 15) is 0 Å². The molecule has 0 radical (unpaired) electrons. The molecule has 0 spiro atoms. The van der Waals surface area contributed by atoms with Crippen molar-refractivity contribution in [3.63, 3.8) is 0 Å². The summed E-state index contributed by atoms with van der Waals surface area (Å²) in [4.78, 5) is 0. The molecular weight excluding hydrogens is 158 g/mol. The van der Waals surface area contributed by atoms with E-state index in [4.69, 9.17) is 5.73 Å². The Balaban J connectivity index is 3.77. The van der Waals surface area contributed by atoms with Crippen molar-refractivity contribution in [1.29, 1.82) is 0 Å². The topological polar surface area (TPSA) is 26.0 Å². The van der Waals surface area contributed by atoms with Crippen molar-refractivity contribution in [1.82, 2.24) is 0 Å². The predicted octanol–water partition coefficient (Wildman–Crippen LogP) is 3.43. The molecule has 0 saturated carbocycles. The first kappa shape index (κ1) is 13.0. The standard InChI is InChI=1S/C12H27N/c1-5-6-7-12(9-13)11(4)8-10(2)3/h10-12H,5-9,13H2,1-4H3. The summed E-state index contributed by atoms with van der Waals surface area (Å²) in [6.45, 7) is 10.1. The molecule has 0 amide bonds. The number of unbranched alkanes of at least 4 members (excludes halogenated alkanes) is 1. The van der Waals surface area contributed by atoms with Crippen molar-refractivity contribution < 1.29 is 0 Å². The van der Waals surface area contributed by atoms with Gasteiger partial charge in [0.15, 0.2) is 0 Å². The summed E-state index contributed by atoms with van der Waals surface area (Å²) in [6, 6.07) is 0. The Kier molecular flexibility index (Phi) is 7.35. The van der Waals surface area contributed by atoms with Crippen LogP contribution in [0.15, 0.2) is 0 Å². The van der Waals surface area contributed by atoms with Crippen LogP contribution in [0.4, 0.5) is 0 Å². The molecule has 1 nitrogen and oxygen atoms in total. The summed E-state index contributed by atoms with van der Waals surface area (Å²) in [5.74, 6) is 2.37. The third-order valence-electron chi connectivity index (χ3n) is 2.88. The maximum Gasteiger partial charge on any atom is -0.00463 e. The summed E-state index contributed by atoms with van der Waals surface area (Å²) >= 11 is 0. The summed E-state index contributed by atoms with van der Waals surface area (Å²) in [7, 11) is 0. The Bertz CT molecular complexity index is 110. The Labute approximate surface area is 84.1 Å². The SMILES string of the molecule is CCCCC(CN)C(C)CC(C)C. The van der Waals surface area contributed by atoms with Gasteiger partial charge in [-0.3, -0.25) is 0 Å². The smallest absolute Gasteiger partial charge is 0.00463 e. The molecule has 2 N–H and O–H groups in total. The number of nitrogens with two attached hydrogens (primary N) is 1. The molecule has 0 aromatic carbocycles. The van der Waals surface area contributed by atoms with Crippen LogP contribution in [0.3, 0.4) is 0 Å². The largest absolute Gasteiger partial charge is 0.330 e. The molecule has 0 fully saturated rings. The minimum Gasteiger partial charge on any atom is -0.330 e. The quantitative estimate of drug-likeness (QED) is 0.646. The average Bonchev–Trinajstić information content (AvgIpc) is 2.04. The van der Waals surface area contributed by atoms with Crippen molar-refractivity contribution >= 4 is 0 Å². The lowest BCUT2D eigenvalue weighted by molar-refractivity contribution is 0.288. The first-order chi connectivity index (χ1) is 6.11. The Morgan fingerprint density at radius 2 is 1.77 bits per heavy atom. The van der Waals surface area contributed by atoms with Gasteiger partial charge in [-0.15, -0.1) is 0 Å².